The summed E-state index contributed by atoms with van der Waals surface area (Å²) in [7, 11) is 0. The third-order valence-corrected chi connectivity index (χ3v) is 2.85. The Kier molecular flexibility index (Phi) is 3.74. The Balaban J connectivity index is 2.11. The van der Waals surface area contributed by atoms with Crippen molar-refractivity contribution in [1.82, 2.24) is 15.2 Å². The molecule has 100 valence electrons. The first kappa shape index (κ1) is 13.0. The predicted octanol–water partition coefficient (Wildman–Crippen LogP) is -0.964. The monoisotopic (exact) mass is 263 g/mol. The average molecular weight is 263 g/mol. The molecule has 1 aromatic rings. The van der Waals surface area contributed by atoms with Gasteiger partial charge in [0.15, 0.2) is 0 Å². The molecular weight excluding hydrogens is 250 g/mol. The van der Waals surface area contributed by atoms with Crippen LogP contribution >= 0.6 is 0 Å². The quantitative estimate of drug-likeness (QED) is 0.731. The number of rotatable bonds is 3. The Bertz CT molecular complexity index is 503. The number of carbonyl (C=O) groups is 3. The van der Waals surface area contributed by atoms with Crippen LogP contribution in [0.25, 0.3) is 0 Å². The number of carboxylic acid groups (broad SMARTS) is 1. The average Bonchev–Trinajstić information content (AvgIpc) is 2.39. The van der Waals surface area contributed by atoms with Crippen LogP contribution in [0.15, 0.2) is 24.4 Å². The number of piperazine rings is 1. The van der Waals surface area contributed by atoms with Crippen LogP contribution in [0.1, 0.15) is 5.69 Å². The topological polar surface area (TPSA) is 99.6 Å². The number of aliphatic carboxylic acids is 1. The lowest BCUT2D eigenvalue weighted by Crippen LogP contribution is -2.59. The molecule has 1 aliphatic heterocycles. The van der Waals surface area contributed by atoms with Crippen molar-refractivity contribution < 1.29 is 19.5 Å². The highest BCUT2D eigenvalue weighted by molar-refractivity contribution is 5.91. The van der Waals surface area contributed by atoms with Crippen molar-refractivity contribution in [2.45, 2.75) is 12.5 Å². The van der Waals surface area contributed by atoms with E-state index in [4.69, 9.17) is 5.11 Å². The molecule has 2 rings (SSSR count). The lowest BCUT2D eigenvalue weighted by molar-refractivity contribution is -0.153. The summed E-state index contributed by atoms with van der Waals surface area (Å²) in [5.41, 5.74) is 0.544. The van der Waals surface area contributed by atoms with E-state index in [2.05, 4.69) is 10.3 Å². The molecule has 0 bridgehead atoms. The first-order chi connectivity index (χ1) is 9.08. The van der Waals surface area contributed by atoms with Crippen LogP contribution in [0.3, 0.4) is 0 Å². The SMILES string of the molecule is O=C1CN(C(=O)Cc2ccccn2)C(C(=O)O)CN1. The minimum Gasteiger partial charge on any atom is -0.480 e. The van der Waals surface area contributed by atoms with Gasteiger partial charge >= 0.3 is 5.97 Å². The highest BCUT2D eigenvalue weighted by Crippen LogP contribution is 2.08. The minimum atomic E-state index is -1.13. The molecule has 1 aromatic heterocycles. The van der Waals surface area contributed by atoms with Gasteiger partial charge < -0.3 is 15.3 Å². The van der Waals surface area contributed by atoms with Crippen molar-refractivity contribution in [1.29, 1.82) is 0 Å². The molecule has 1 unspecified atom stereocenters. The van der Waals surface area contributed by atoms with Gasteiger partial charge in [-0.1, -0.05) is 6.07 Å². The summed E-state index contributed by atoms with van der Waals surface area (Å²) in [5.74, 6) is -1.90. The van der Waals surface area contributed by atoms with Crippen LogP contribution in [-0.4, -0.2) is 51.9 Å². The molecule has 1 saturated heterocycles. The van der Waals surface area contributed by atoms with Gasteiger partial charge in [0.25, 0.3) is 0 Å². The van der Waals surface area contributed by atoms with Crippen molar-refractivity contribution in [3.8, 4) is 0 Å². The highest BCUT2D eigenvalue weighted by Gasteiger charge is 2.34. The normalized spacial score (nSPS) is 18.8. The number of carboxylic acids is 1. The summed E-state index contributed by atoms with van der Waals surface area (Å²) in [6.45, 7) is -0.301. The fourth-order valence-electron chi connectivity index (χ4n) is 1.88. The number of amides is 2. The zero-order valence-electron chi connectivity index (χ0n) is 10.1. The molecule has 19 heavy (non-hydrogen) atoms. The molecule has 1 aliphatic rings. The fraction of sp³-hybridized carbons (Fsp3) is 0.333. The van der Waals surface area contributed by atoms with Gasteiger partial charge in [0.1, 0.15) is 12.6 Å². The minimum absolute atomic E-state index is 0.0160. The molecule has 2 N–H and O–H groups in total. The van der Waals surface area contributed by atoms with Gasteiger partial charge in [0, 0.05) is 18.4 Å². The van der Waals surface area contributed by atoms with Crippen LogP contribution in [0.5, 0.6) is 0 Å². The van der Waals surface area contributed by atoms with E-state index in [9.17, 15) is 14.4 Å². The van der Waals surface area contributed by atoms with E-state index in [1.165, 1.54) is 0 Å². The Labute approximate surface area is 109 Å². The van der Waals surface area contributed by atoms with Gasteiger partial charge in [-0.25, -0.2) is 4.79 Å². The predicted molar refractivity (Wildman–Crippen MR) is 64.1 cm³/mol. The van der Waals surface area contributed by atoms with Gasteiger partial charge in [-0.2, -0.15) is 0 Å². The molecule has 7 heteroatoms. The summed E-state index contributed by atoms with van der Waals surface area (Å²) in [5, 5.41) is 11.5. The fourth-order valence-corrected chi connectivity index (χ4v) is 1.88. The second-order valence-corrected chi connectivity index (χ2v) is 4.18. The highest BCUT2D eigenvalue weighted by atomic mass is 16.4. The second-order valence-electron chi connectivity index (χ2n) is 4.18. The first-order valence-corrected chi connectivity index (χ1v) is 5.77. The Morgan fingerprint density at radius 3 is 2.89 bits per heavy atom. The molecule has 0 spiro atoms. The van der Waals surface area contributed by atoms with E-state index in [1.54, 1.807) is 24.4 Å². The maximum absolute atomic E-state index is 12.1. The molecule has 7 nitrogen and oxygen atoms in total. The number of aromatic nitrogens is 1. The number of nitrogens with one attached hydrogen (secondary N) is 1. The van der Waals surface area contributed by atoms with E-state index < -0.39 is 17.9 Å². The van der Waals surface area contributed by atoms with Crippen molar-refractivity contribution in [3.63, 3.8) is 0 Å². The van der Waals surface area contributed by atoms with E-state index in [-0.39, 0.29) is 25.4 Å². The molecule has 2 amide bonds. The first-order valence-electron chi connectivity index (χ1n) is 5.77. The molecule has 0 saturated carbocycles. The van der Waals surface area contributed by atoms with E-state index in [1.807, 2.05) is 0 Å². The van der Waals surface area contributed by atoms with Gasteiger partial charge in [0.2, 0.25) is 11.8 Å². The number of nitrogens with zero attached hydrogens (tertiary/aromatic N) is 2. The molecule has 0 aromatic carbocycles. The maximum atomic E-state index is 12.1. The number of hydrogen-bond donors (Lipinski definition) is 2. The smallest absolute Gasteiger partial charge is 0.328 e. The summed E-state index contributed by atoms with van der Waals surface area (Å²) in [6.07, 6.45) is 1.54. The zero-order valence-corrected chi connectivity index (χ0v) is 10.1. The summed E-state index contributed by atoms with van der Waals surface area (Å²) >= 11 is 0. The Morgan fingerprint density at radius 1 is 1.47 bits per heavy atom. The van der Waals surface area contributed by atoms with Crippen LogP contribution in [-0.2, 0) is 20.8 Å². The molecule has 1 atom stereocenters. The summed E-state index contributed by atoms with van der Waals surface area (Å²) in [4.78, 5) is 39.5. The van der Waals surface area contributed by atoms with E-state index in [0.717, 1.165) is 4.90 Å². The van der Waals surface area contributed by atoms with Crippen molar-refractivity contribution in [2.24, 2.45) is 0 Å². The van der Waals surface area contributed by atoms with Gasteiger partial charge in [-0.15, -0.1) is 0 Å². The molecule has 0 radical (unpaired) electrons. The number of hydrogen-bond acceptors (Lipinski definition) is 4. The second kappa shape index (κ2) is 5.47. The Morgan fingerprint density at radius 2 is 2.26 bits per heavy atom. The molecule has 2 heterocycles. The zero-order chi connectivity index (χ0) is 13.8. The van der Waals surface area contributed by atoms with Gasteiger partial charge in [0.05, 0.1) is 6.42 Å². The standard InChI is InChI=1S/C12H13N3O4/c16-10-7-15(9(6-14-10)12(18)19)11(17)5-8-3-1-2-4-13-8/h1-4,9H,5-7H2,(H,14,16)(H,18,19). The third-order valence-electron chi connectivity index (χ3n) is 2.85. The van der Waals surface area contributed by atoms with Gasteiger partial charge in [-0.3, -0.25) is 14.6 Å². The molecule has 1 fully saturated rings. The van der Waals surface area contributed by atoms with Crippen molar-refractivity contribution >= 4 is 17.8 Å². The van der Waals surface area contributed by atoms with Gasteiger partial charge in [-0.05, 0) is 12.1 Å². The van der Waals surface area contributed by atoms with Crippen LogP contribution < -0.4 is 5.32 Å². The largest absolute Gasteiger partial charge is 0.480 e. The van der Waals surface area contributed by atoms with Crippen LogP contribution in [0.2, 0.25) is 0 Å². The van der Waals surface area contributed by atoms with Crippen LogP contribution in [0, 0.1) is 0 Å². The lowest BCUT2D eigenvalue weighted by atomic mass is 10.1. The van der Waals surface area contributed by atoms with Crippen LogP contribution in [0.4, 0.5) is 0 Å². The number of carbonyl (C=O) groups excluding carboxylic acids is 2. The maximum Gasteiger partial charge on any atom is 0.328 e. The van der Waals surface area contributed by atoms with E-state index >= 15 is 0 Å². The number of pyridine rings is 1. The third kappa shape index (κ3) is 3.06. The molecular formula is C12H13N3O4. The Hall–Kier alpha value is -2.44. The summed E-state index contributed by atoms with van der Waals surface area (Å²) in [6, 6.07) is 4.13. The van der Waals surface area contributed by atoms with E-state index in [0.29, 0.717) is 5.69 Å². The van der Waals surface area contributed by atoms with Crippen molar-refractivity contribution in [3.05, 3.63) is 30.1 Å². The lowest BCUT2D eigenvalue weighted by Gasteiger charge is -2.32. The summed E-state index contributed by atoms with van der Waals surface area (Å²) < 4.78 is 0. The van der Waals surface area contributed by atoms with Crippen molar-refractivity contribution in [2.75, 3.05) is 13.1 Å². The molecule has 0 aliphatic carbocycles.